The third-order valence-electron chi connectivity index (χ3n) is 2.91. The lowest BCUT2D eigenvalue weighted by molar-refractivity contribution is -0.385. The van der Waals surface area contributed by atoms with Crippen molar-refractivity contribution in [3.8, 4) is 11.5 Å². The van der Waals surface area contributed by atoms with Gasteiger partial charge in [0.15, 0.2) is 11.5 Å². The summed E-state index contributed by atoms with van der Waals surface area (Å²) in [5.41, 5.74) is -0.600. The zero-order valence-corrected chi connectivity index (χ0v) is 10.7. The van der Waals surface area contributed by atoms with Gasteiger partial charge in [-0.1, -0.05) is 6.07 Å². The fourth-order valence-corrected chi connectivity index (χ4v) is 1.93. The van der Waals surface area contributed by atoms with Crippen LogP contribution in [0, 0.1) is 10.1 Å². The summed E-state index contributed by atoms with van der Waals surface area (Å²) in [5.74, 6) is 1.18. The third kappa shape index (κ3) is 2.48. The van der Waals surface area contributed by atoms with Gasteiger partial charge in [0.2, 0.25) is 12.6 Å². The maximum absolute atomic E-state index is 11.4. The molecule has 1 aromatic heterocycles. The Balaban J connectivity index is 1.81. The number of ether oxygens (including phenoxy) is 2. The molecule has 1 aliphatic rings. The van der Waals surface area contributed by atoms with Crippen LogP contribution in [0.4, 0.5) is 11.5 Å². The number of aromatic nitrogens is 2. The molecule has 0 bridgehead atoms. The molecule has 0 radical (unpaired) electrons. The zero-order chi connectivity index (χ0) is 14.8. The summed E-state index contributed by atoms with van der Waals surface area (Å²) in [7, 11) is 0. The van der Waals surface area contributed by atoms with Crippen LogP contribution in [-0.2, 0) is 6.54 Å². The first kappa shape index (κ1) is 12.9. The first-order valence-electron chi connectivity index (χ1n) is 5.99. The summed E-state index contributed by atoms with van der Waals surface area (Å²) in [6.45, 7) is 0.432. The van der Waals surface area contributed by atoms with Crippen molar-refractivity contribution in [3.63, 3.8) is 0 Å². The molecule has 108 valence electrons. The third-order valence-corrected chi connectivity index (χ3v) is 2.91. The fourth-order valence-electron chi connectivity index (χ4n) is 1.93. The van der Waals surface area contributed by atoms with Gasteiger partial charge in [-0.15, -0.1) is 0 Å². The van der Waals surface area contributed by atoms with Crippen LogP contribution in [0.2, 0.25) is 0 Å². The van der Waals surface area contributed by atoms with E-state index in [0.29, 0.717) is 11.5 Å². The summed E-state index contributed by atoms with van der Waals surface area (Å²) < 4.78 is 10.4. The average Bonchev–Trinajstić information content (AvgIpc) is 2.92. The number of hydrogen-bond acceptors (Lipinski definition) is 7. The number of H-pyrrole nitrogens is 1. The van der Waals surface area contributed by atoms with Crippen LogP contribution >= 0.6 is 0 Å². The number of nitrogens with one attached hydrogen (secondary N) is 2. The topological polar surface area (TPSA) is 119 Å². The molecular formula is C12H10N4O5. The van der Waals surface area contributed by atoms with Crippen LogP contribution in [0.3, 0.4) is 0 Å². The highest BCUT2D eigenvalue weighted by Crippen LogP contribution is 2.32. The lowest BCUT2D eigenvalue weighted by atomic mass is 10.2. The number of rotatable bonds is 4. The van der Waals surface area contributed by atoms with Crippen LogP contribution < -0.4 is 20.3 Å². The molecule has 0 amide bonds. The molecule has 0 atom stereocenters. The van der Waals surface area contributed by atoms with E-state index in [0.717, 1.165) is 11.9 Å². The molecule has 0 unspecified atom stereocenters. The summed E-state index contributed by atoms with van der Waals surface area (Å²) in [5, 5.41) is 13.7. The number of benzene rings is 1. The Morgan fingerprint density at radius 3 is 3.00 bits per heavy atom. The van der Waals surface area contributed by atoms with Crippen LogP contribution in [0.1, 0.15) is 5.56 Å². The molecule has 21 heavy (non-hydrogen) atoms. The molecule has 1 aromatic carbocycles. The quantitative estimate of drug-likeness (QED) is 0.637. The van der Waals surface area contributed by atoms with Gasteiger partial charge < -0.3 is 19.8 Å². The van der Waals surface area contributed by atoms with Gasteiger partial charge in [0.25, 0.3) is 0 Å². The highest BCUT2D eigenvalue weighted by molar-refractivity contribution is 5.54. The normalized spacial score (nSPS) is 12.2. The lowest BCUT2D eigenvalue weighted by Gasteiger charge is -2.06. The van der Waals surface area contributed by atoms with E-state index in [9.17, 15) is 14.9 Å². The molecule has 2 N–H and O–H groups in total. The van der Waals surface area contributed by atoms with E-state index in [4.69, 9.17) is 9.47 Å². The van der Waals surface area contributed by atoms with Crippen molar-refractivity contribution >= 4 is 11.5 Å². The summed E-state index contributed by atoms with van der Waals surface area (Å²) >= 11 is 0. The molecule has 0 aliphatic carbocycles. The molecule has 1 aliphatic heterocycles. The number of nitro groups is 1. The van der Waals surface area contributed by atoms with Gasteiger partial charge in [0.05, 0.1) is 11.3 Å². The summed E-state index contributed by atoms with van der Waals surface area (Å²) in [6.07, 6.45) is 1.11. The van der Waals surface area contributed by atoms with Crippen molar-refractivity contribution in [2.45, 2.75) is 6.54 Å². The van der Waals surface area contributed by atoms with Crippen molar-refractivity contribution in [2.75, 3.05) is 12.1 Å². The van der Waals surface area contributed by atoms with E-state index >= 15 is 0 Å². The minimum atomic E-state index is -0.803. The van der Waals surface area contributed by atoms with Crippen LogP contribution in [-0.4, -0.2) is 21.7 Å². The molecular weight excluding hydrogens is 280 g/mol. The second-order valence-electron chi connectivity index (χ2n) is 4.23. The Bertz CT molecular complexity index is 758. The number of fused-ring (bicyclic) bond motifs is 1. The smallest absolute Gasteiger partial charge is 0.375 e. The average molecular weight is 290 g/mol. The molecule has 0 saturated carbocycles. The Morgan fingerprint density at radius 2 is 2.19 bits per heavy atom. The van der Waals surface area contributed by atoms with Crippen LogP contribution in [0.5, 0.6) is 11.5 Å². The van der Waals surface area contributed by atoms with Crippen molar-refractivity contribution in [2.24, 2.45) is 0 Å². The van der Waals surface area contributed by atoms with Gasteiger partial charge in [-0.3, -0.25) is 14.9 Å². The van der Waals surface area contributed by atoms with E-state index in [1.807, 2.05) is 0 Å². The van der Waals surface area contributed by atoms with Gasteiger partial charge in [-0.05, 0) is 17.7 Å². The van der Waals surface area contributed by atoms with Gasteiger partial charge in [0, 0.05) is 6.54 Å². The monoisotopic (exact) mass is 290 g/mol. The molecule has 3 rings (SSSR count). The highest BCUT2D eigenvalue weighted by Gasteiger charge is 2.20. The van der Waals surface area contributed by atoms with Crippen molar-refractivity contribution in [1.82, 2.24) is 9.97 Å². The van der Waals surface area contributed by atoms with Gasteiger partial charge in [0.1, 0.15) is 0 Å². The van der Waals surface area contributed by atoms with E-state index in [1.54, 1.807) is 18.2 Å². The van der Waals surface area contributed by atoms with Crippen molar-refractivity contribution in [1.29, 1.82) is 0 Å². The molecule has 9 heteroatoms. The largest absolute Gasteiger partial charge is 0.454 e. The number of hydrogen-bond donors (Lipinski definition) is 2. The van der Waals surface area contributed by atoms with Gasteiger partial charge >= 0.3 is 11.2 Å². The number of anilines is 1. The Labute approximate surface area is 117 Å². The molecule has 2 heterocycles. The molecule has 0 fully saturated rings. The minimum absolute atomic E-state index is 0.0820. The lowest BCUT2D eigenvalue weighted by Crippen LogP contribution is -2.16. The first-order chi connectivity index (χ1) is 10.1. The SMILES string of the molecule is O=c1[nH]cnc(NCc2ccc3c(c2)OCO3)c1[N+](=O)[O-]. The van der Waals surface area contributed by atoms with Crippen LogP contribution in [0.25, 0.3) is 0 Å². The van der Waals surface area contributed by atoms with E-state index in [-0.39, 0.29) is 19.2 Å². The van der Waals surface area contributed by atoms with E-state index < -0.39 is 16.2 Å². The second kappa shape index (κ2) is 5.12. The summed E-state index contributed by atoms with van der Waals surface area (Å²) in [4.78, 5) is 27.5. The summed E-state index contributed by atoms with van der Waals surface area (Å²) in [6, 6.07) is 5.30. The predicted octanol–water partition coefficient (Wildman–Crippen LogP) is 1.02. The molecule has 0 saturated heterocycles. The molecule has 0 spiro atoms. The van der Waals surface area contributed by atoms with Crippen molar-refractivity contribution < 1.29 is 14.4 Å². The maximum Gasteiger partial charge on any atom is 0.375 e. The molecule has 2 aromatic rings. The zero-order valence-electron chi connectivity index (χ0n) is 10.7. The molecule has 9 nitrogen and oxygen atoms in total. The maximum atomic E-state index is 11.4. The highest BCUT2D eigenvalue weighted by atomic mass is 16.7. The predicted molar refractivity (Wildman–Crippen MR) is 71.4 cm³/mol. The van der Waals surface area contributed by atoms with Gasteiger partial charge in [-0.25, -0.2) is 4.98 Å². The van der Waals surface area contributed by atoms with Crippen molar-refractivity contribution in [3.05, 3.63) is 50.6 Å². The van der Waals surface area contributed by atoms with E-state index in [1.165, 1.54) is 0 Å². The van der Waals surface area contributed by atoms with E-state index in [2.05, 4.69) is 15.3 Å². The number of nitrogens with zero attached hydrogens (tertiary/aromatic N) is 2. The van der Waals surface area contributed by atoms with Crippen LogP contribution in [0.15, 0.2) is 29.3 Å². The Hall–Kier alpha value is -3.10. The Morgan fingerprint density at radius 1 is 1.38 bits per heavy atom. The van der Waals surface area contributed by atoms with Gasteiger partial charge in [-0.2, -0.15) is 0 Å². The first-order valence-corrected chi connectivity index (χ1v) is 5.99. The minimum Gasteiger partial charge on any atom is -0.454 e. The standard InChI is InChI=1S/C12H10N4O5/c17-12-10(16(18)19)11(14-5-15-12)13-4-7-1-2-8-9(3-7)21-6-20-8/h1-3,5H,4,6H2,(H2,13,14,15,17). The fraction of sp³-hybridized carbons (Fsp3) is 0.167. The Kier molecular flexibility index (Phi) is 3.14. The second-order valence-corrected chi connectivity index (χ2v) is 4.23. The number of aromatic amines is 1.